The molecule has 0 aliphatic rings. The zero-order valence-electron chi connectivity index (χ0n) is 27.6. The van der Waals surface area contributed by atoms with E-state index in [0.29, 0.717) is 12.8 Å². The quantitative estimate of drug-likeness (QED) is 0.181. The predicted octanol–water partition coefficient (Wildman–Crippen LogP) is 4.11. The lowest BCUT2D eigenvalue weighted by atomic mass is 10.0. The molecule has 0 unspecified atom stereocenters. The van der Waals surface area contributed by atoms with Crippen LogP contribution >= 0.6 is 0 Å². The second-order valence-electron chi connectivity index (χ2n) is 13.0. The van der Waals surface area contributed by atoms with E-state index in [1.807, 2.05) is 36.4 Å². The predicted molar refractivity (Wildman–Crippen MR) is 173 cm³/mol. The van der Waals surface area contributed by atoms with Gasteiger partial charge in [0.25, 0.3) is 0 Å². The van der Waals surface area contributed by atoms with Crippen LogP contribution in [-0.4, -0.2) is 70.9 Å². The first-order chi connectivity index (χ1) is 21.5. The van der Waals surface area contributed by atoms with E-state index >= 15 is 0 Å². The molecule has 0 radical (unpaired) electrons. The number of benzene rings is 2. The normalized spacial score (nSPS) is 13.3. The molecular formula is C34H48N4O8. The third-order valence-electron chi connectivity index (χ3n) is 6.41. The van der Waals surface area contributed by atoms with Crippen molar-refractivity contribution < 1.29 is 38.6 Å². The summed E-state index contributed by atoms with van der Waals surface area (Å²) in [6.45, 7) is 10.6. The zero-order valence-corrected chi connectivity index (χ0v) is 27.6. The van der Waals surface area contributed by atoms with Crippen molar-refractivity contribution >= 4 is 30.0 Å². The van der Waals surface area contributed by atoms with E-state index in [1.165, 1.54) is 0 Å². The summed E-state index contributed by atoms with van der Waals surface area (Å²) >= 11 is 0. The summed E-state index contributed by atoms with van der Waals surface area (Å²) in [5.74, 6) is -2.55. The molecule has 4 amide bonds. The van der Waals surface area contributed by atoms with Gasteiger partial charge in [0, 0.05) is 19.4 Å². The molecule has 0 heterocycles. The molecule has 0 saturated heterocycles. The van der Waals surface area contributed by atoms with E-state index in [9.17, 15) is 29.1 Å². The monoisotopic (exact) mass is 640 g/mol. The van der Waals surface area contributed by atoms with Crippen molar-refractivity contribution in [1.29, 1.82) is 0 Å². The minimum absolute atomic E-state index is 0.0784. The van der Waals surface area contributed by atoms with Crippen LogP contribution in [-0.2, 0) is 36.7 Å². The molecule has 0 spiro atoms. The number of hydrogen-bond donors (Lipinski definition) is 5. The Bertz CT molecular complexity index is 1290. The topological polar surface area (TPSA) is 172 Å². The summed E-state index contributed by atoms with van der Waals surface area (Å²) in [4.78, 5) is 63.7. The highest BCUT2D eigenvalue weighted by Gasteiger charge is 2.31. The lowest BCUT2D eigenvalue weighted by Gasteiger charge is -2.26. The molecule has 0 saturated carbocycles. The molecule has 5 N–H and O–H groups in total. The zero-order chi connectivity index (χ0) is 34.3. The fourth-order valence-electron chi connectivity index (χ4n) is 4.35. The number of aliphatic carboxylic acids is 1. The van der Waals surface area contributed by atoms with Gasteiger partial charge >= 0.3 is 18.2 Å². The van der Waals surface area contributed by atoms with Crippen molar-refractivity contribution in [3.05, 3.63) is 71.8 Å². The van der Waals surface area contributed by atoms with Crippen molar-refractivity contribution in [1.82, 2.24) is 21.3 Å². The molecule has 12 nitrogen and oxygen atoms in total. The first-order valence-corrected chi connectivity index (χ1v) is 15.4. The number of carboxylic acids is 1. The van der Waals surface area contributed by atoms with Crippen LogP contribution in [0.1, 0.15) is 71.9 Å². The van der Waals surface area contributed by atoms with Gasteiger partial charge in [-0.05, 0) is 71.9 Å². The van der Waals surface area contributed by atoms with Gasteiger partial charge in [-0.1, -0.05) is 60.7 Å². The van der Waals surface area contributed by atoms with Gasteiger partial charge in [-0.15, -0.1) is 0 Å². The molecule has 2 aromatic carbocycles. The fourth-order valence-corrected chi connectivity index (χ4v) is 4.35. The smallest absolute Gasteiger partial charge is 0.408 e. The number of nitrogens with one attached hydrogen (secondary N) is 4. The van der Waals surface area contributed by atoms with Crippen LogP contribution in [0, 0.1) is 0 Å². The van der Waals surface area contributed by atoms with E-state index in [2.05, 4.69) is 21.3 Å². The van der Waals surface area contributed by atoms with Gasteiger partial charge in [0.1, 0.15) is 29.3 Å². The van der Waals surface area contributed by atoms with E-state index in [0.717, 1.165) is 11.1 Å². The highest BCUT2D eigenvalue weighted by molar-refractivity contribution is 5.93. The Kier molecular flexibility index (Phi) is 14.5. The minimum Gasteiger partial charge on any atom is -0.480 e. The average molecular weight is 641 g/mol. The average Bonchev–Trinajstić information content (AvgIpc) is 2.94. The Hall–Kier alpha value is -4.61. The molecule has 252 valence electrons. The first kappa shape index (κ1) is 37.6. The summed E-state index contributed by atoms with van der Waals surface area (Å²) in [7, 11) is 0. The van der Waals surface area contributed by atoms with Crippen molar-refractivity contribution in [2.24, 2.45) is 0 Å². The molecule has 2 rings (SSSR count). The SMILES string of the molecule is CC(C)(C)OC(=O)NCCCC[C@@H](NC(=O)[C@@H](Cc1ccccc1)NC(=O)[C@@H](Cc1ccccc1)NC(=O)OC(C)(C)C)C(=O)O. The number of ether oxygens (including phenoxy) is 2. The third kappa shape index (κ3) is 15.4. The van der Waals surface area contributed by atoms with Crippen LogP contribution in [0.3, 0.4) is 0 Å². The number of carbonyl (C=O) groups excluding carboxylic acids is 4. The molecule has 0 aromatic heterocycles. The van der Waals surface area contributed by atoms with Crippen LogP contribution < -0.4 is 21.3 Å². The molecule has 0 aliphatic carbocycles. The van der Waals surface area contributed by atoms with Gasteiger partial charge in [-0.3, -0.25) is 9.59 Å². The van der Waals surface area contributed by atoms with Crippen LogP contribution in [0.4, 0.5) is 9.59 Å². The Morgan fingerprint density at radius 3 is 1.52 bits per heavy atom. The summed E-state index contributed by atoms with van der Waals surface area (Å²) in [5.41, 5.74) is 0.0742. The number of carbonyl (C=O) groups is 5. The van der Waals surface area contributed by atoms with Gasteiger partial charge < -0.3 is 35.8 Å². The Balaban J connectivity index is 2.15. The van der Waals surface area contributed by atoms with E-state index in [1.54, 1.807) is 65.8 Å². The number of unbranched alkanes of at least 4 members (excludes halogenated alkanes) is 1. The lowest BCUT2D eigenvalue weighted by Crippen LogP contribution is -2.57. The summed E-state index contributed by atoms with van der Waals surface area (Å²) in [6.07, 6.45) is -0.209. The summed E-state index contributed by atoms with van der Waals surface area (Å²) < 4.78 is 10.6. The highest BCUT2D eigenvalue weighted by atomic mass is 16.6. The molecular weight excluding hydrogens is 592 g/mol. The van der Waals surface area contributed by atoms with Crippen molar-refractivity contribution in [3.63, 3.8) is 0 Å². The number of carboxylic acid groups (broad SMARTS) is 1. The first-order valence-electron chi connectivity index (χ1n) is 15.4. The Labute approximate surface area is 271 Å². The van der Waals surface area contributed by atoms with Crippen LogP contribution in [0.5, 0.6) is 0 Å². The molecule has 46 heavy (non-hydrogen) atoms. The summed E-state index contributed by atoms with van der Waals surface area (Å²) in [5, 5.41) is 20.4. The van der Waals surface area contributed by atoms with Gasteiger partial charge in [-0.25, -0.2) is 14.4 Å². The van der Waals surface area contributed by atoms with E-state index < -0.39 is 59.3 Å². The lowest BCUT2D eigenvalue weighted by molar-refractivity contribution is -0.142. The standard InChI is InChI=1S/C34H48N4O8/c1-33(2,3)45-31(43)35-20-14-13-19-25(30(41)42)36-28(39)26(21-23-15-9-7-10-16-23)37-29(40)27(22-24-17-11-8-12-18-24)38-32(44)46-34(4,5)6/h7-12,15-18,25-27H,13-14,19-22H2,1-6H3,(H,35,43)(H,36,39)(H,37,40)(H,38,44)(H,41,42)/t25-,26-,27-/m1/s1. The van der Waals surface area contributed by atoms with Crippen molar-refractivity contribution in [3.8, 4) is 0 Å². The fraction of sp³-hybridized carbons (Fsp3) is 0.500. The van der Waals surface area contributed by atoms with Gasteiger partial charge in [-0.2, -0.15) is 0 Å². The molecule has 0 aliphatic heterocycles. The van der Waals surface area contributed by atoms with Gasteiger partial charge in [0.05, 0.1) is 0 Å². The van der Waals surface area contributed by atoms with Crippen LogP contribution in [0.15, 0.2) is 60.7 Å². The largest absolute Gasteiger partial charge is 0.480 e. The summed E-state index contributed by atoms with van der Waals surface area (Å²) in [6, 6.07) is 14.6. The maximum Gasteiger partial charge on any atom is 0.408 e. The minimum atomic E-state index is -1.23. The molecule has 3 atom stereocenters. The molecule has 2 aromatic rings. The second kappa shape index (κ2) is 17.8. The van der Waals surface area contributed by atoms with Crippen LogP contribution in [0.25, 0.3) is 0 Å². The number of rotatable bonds is 15. The highest BCUT2D eigenvalue weighted by Crippen LogP contribution is 2.11. The third-order valence-corrected chi connectivity index (χ3v) is 6.41. The Morgan fingerprint density at radius 2 is 1.07 bits per heavy atom. The Morgan fingerprint density at radius 1 is 0.630 bits per heavy atom. The second-order valence-corrected chi connectivity index (χ2v) is 13.0. The number of amides is 4. The van der Waals surface area contributed by atoms with Crippen LogP contribution in [0.2, 0.25) is 0 Å². The van der Waals surface area contributed by atoms with Gasteiger partial charge in [0.15, 0.2) is 0 Å². The number of hydrogen-bond acceptors (Lipinski definition) is 7. The molecule has 12 heteroatoms. The molecule has 0 bridgehead atoms. The van der Waals surface area contributed by atoms with Gasteiger partial charge in [0.2, 0.25) is 11.8 Å². The van der Waals surface area contributed by atoms with Crippen molar-refractivity contribution in [2.45, 2.75) is 103 Å². The van der Waals surface area contributed by atoms with Crippen molar-refractivity contribution in [2.75, 3.05) is 6.54 Å². The maximum atomic E-state index is 13.6. The molecule has 0 fully saturated rings. The van der Waals surface area contributed by atoms with E-state index in [4.69, 9.17) is 9.47 Å². The number of alkyl carbamates (subject to hydrolysis) is 2. The maximum absolute atomic E-state index is 13.6. The van der Waals surface area contributed by atoms with E-state index in [-0.39, 0.29) is 25.8 Å².